The SMILES string of the molecule is CCc1ccc(C(Cc2ccc(Br)cc2)NC)cc1. The Morgan fingerprint density at radius 2 is 1.53 bits per heavy atom. The first-order valence-electron chi connectivity index (χ1n) is 6.73. The van der Waals surface area contributed by atoms with E-state index in [2.05, 4.69) is 76.7 Å². The summed E-state index contributed by atoms with van der Waals surface area (Å²) < 4.78 is 1.13. The molecule has 1 atom stereocenters. The van der Waals surface area contributed by atoms with Gasteiger partial charge in [0.15, 0.2) is 0 Å². The molecule has 1 unspecified atom stereocenters. The summed E-state index contributed by atoms with van der Waals surface area (Å²) in [5.74, 6) is 0. The van der Waals surface area contributed by atoms with Gasteiger partial charge >= 0.3 is 0 Å². The molecule has 0 aromatic heterocycles. The summed E-state index contributed by atoms with van der Waals surface area (Å²) in [7, 11) is 2.03. The molecule has 0 aliphatic rings. The number of likely N-dealkylation sites (N-methyl/N-ethyl adjacent to an activating group) is 1. The fourth-order valence-corrected chi connectivity index (χ4v) is 2.49. The zero-order valence-electron chi connectivity index (χ0n) is 11.5. The Kier molecular flexibility index (Phi) is 5.17. The number of halogens is 1. The van der Waals surface area contributed by atoms with Crippen molar-refractivity contribution in [1.82, 2.24) is 5.32 Å². The molecule has 2 rings (SSSR count). The maximum absolute atomic E-state index is 3.47. The Balaban J connectivity index is 2.12. The van der Waals surface area contributed by atoms with E-state index in [1.54, 1.807) is 0 Å². The first kappa shape index (κ1) is 14.3. The largest absolute Gasteiger partial charge is 0.313 e. The predicted molar refractivity (Wildman–Crippen MR) is 85.5 cm³/mol. The van der Waals surface area contributed by atoms with E-state index in [0.717, 1.165) is 17.3 Å². The van der Waals surface area contributed by atoms with Crippen LogP contribution in [0.15, 0.2) is 53.0 Å². The minimum absolute atomic E-state index is 0.368. The van der Waals surface area contributed by atoms with E-state index in [4.69, 9.17) is 0 Å². The highest BCUT2D eigenvalue weighted by molar-refractivity contribution is 9.10. The Morgan fingerprint density at radius 1 is 0.947 bits per heavy atom. The van der Waals surface area contributed by atoms with Crippen molar-refractivity contribution < 1.29 is 0 Å². The molecule has 0 amide bonds. The van der Waals surface area contributed by atoms with Crippen molar-refractivity contribution in [2.75, 3.05) is 7.05 Å². The molecular formula is C17H20BrN. The molecule has 2 aromatic carbocycles. The summed E-state index contributed by atoms with van der Waals surface area (Å²) >= 11 is 3.47. The van der Waals surface area contributed by atoms with E-state index in [-0.39, 0.29) is 0 Å². The van der Waals surface area contributed by atoms with Crippen molar-refractivity contribution in [2.24, 2.45) is 0 Å². The highest BCUT2D eigenvalue weighted by Crippen LogP contribution is 2.20. The van der Waals surface area contributed by atoms with E-state index in [1.165, 1.54) is 16.7 Å². The maximum atomic E-state index is 3.47. The van der Waals surface area contributed by atoms with E-state index in [1.807, 2.05) is 7.05 Å². The van der Waals surface area contributed by atoms with E-state index in [0.29, 0.717) is 6.04 Å². The average Bonchev–Trinajstić information content (AvgIpc) is 2.47. The molecule has 2 heteroatoms. The Hall–Kier alpha value is -1.12. The summed E-state index contributed by atoms with van der Waals surface area (Å²) in [6.45, 7) is 2.19. The Labute approximate surface area is 124 Å². The topological polar surface area (TPSA) is 12.0 Å². The monoisotopic (exact) mass is 317 g/mol. The molecule has 0 spiro atoms. The van der Waals surface area contributed by atoms with E-state index >= 15 is 0 Å². The van der Waals surface area contributed by atoms with Gasteiger partial charge in [0.05, 0.1) is 0 Å². The van der Waals surface area contributed by atoms with Gasteiger partial charge in [-0.3, -0.25) is 0 Å². The van der Waals surface area contributed by atoms with Crippen molar-refractivity contribution in [2.45, 2.75) is 25.8 Å². The molecule has 0 aliphatic carbocycles. The quantitative estimate of drug-likeness (QED) is 0.855. The second kappa shape index (κ2) is 6.88. The van der Waals surface area contributed by atoms with Crippen LogP contribution in [0.1, 0.15) is 29.7 Å². The first-order valence-corrected chi connectivity index (χ1v) is 7.52. The molecule has 0 fully saturated rings. The normalized spacial score (nSPS) is 12.4. The summed E-state index contributed by atoms with van der Waals surface area (Å²) in [5.41, 5.74) is 4.09. The van der Waals surface area contributed by atoms with Crippen LogP contribution in [0.5, 0.6) is 0 Å². The molecule has 1 N–H and O–H groups in total. The number of rotatable bonds is 5. The van der Waals surface area contributed by atoms with Gasteiger partial charge in [0.25, 0.3) is 0 Å². The third-order valence-corrected chi connectivity index (χ3v) is 4.02. The fraction of sp³-hybridized carbons (Fsp3) is 0.294. The zero-order chi connectivity index (χ0) is 13.7. The average molecular weight is 318 g/mol. The smallest absolute Gasteiger partial charge is 0.0358 e. The molecule has 1 nitrogen and oxygen atoms in total. The van der Waals surface area contributed by atoms with Gasteiger partial charge in [0.1, 0.15) is 0 Å². The van der Waals surface area contributed by atoms with Gasteiger partial charge in [-0.1, -0.05) is 59.3 Å². The summed E-state index contributed by atoms with van der Waals surface area (Å²) in [6, 6.07) is 17.8. The van der Waals surface area contributed by atoms with Crippen LogP contribution in [0.2, 0.25) is 0 Å². The number of hydrogen-bond donors (Lipinski definition) is 1. The molecule has 19 heavy (non-hydrogen) atoms. The zero-order valence-corrected chi connectivity index (χ0v) is 13.1. The standard InChI is InChI=1S/C17H20BrN/c1-3-13-4-8-15(9-5-13)17(19-2)12-14-6-10-16(18)11-7-14/h4-11,17,19H,3,12H2,1-2H3. The molecule has 0 radical (unpaired) electrons. The molecule has 0 saturated carbocycles. The van der Waals surface area contributed by atoms with E-state index < -0.39 is 0 Å². The summed E-state index contributed by atoms with van der Waals surface area (Å²) in [4.78, 5) is 0. The number of hydrogen-bond acceptors (Lipinski definition) is 1. The first-order chi connectivity index (χ1) is 9.22. The lowest BCUT2D eigenvalue weighted by Gasteiger charge is -2.17. The summed E-state index contributed by atoms with van der Waals surface area (Å²) in [6.07, 6.45) is 2.10. The van der Waals surface area contributed by atoms with Crippen LogP contribution in [0, 0.1) is 0 Å². The van der Waals surface area contributed by atoms with Crippen molar-refractivity contribution in [3.63, 3.8) is 0 Å². The number of aryl methyl sites for hydroxylation is 1. The lowest BCUT2D eigenvalue weighted by molar-refractivity contribution is 0.592. The minimum atomic E-state index is 0.368. The van der Waals surface area contributed by atoms with Gasteiger partial charge in [0, 0.05) is 10.5 Å². The van der Waals surface area contributed by atoms with Gasteiger partial charge in [0.2, 0.25) is 0 Å². The van der Waals surface area contributed by atoms with Crippen LogP contribution in [0.3, 0.4) is 0 Å². The van der Waals surface area contributed by atoms with Gasteiger partial charge in [-0.2, -0.15) is 0 Å². The number of benzene rings is 2. The molecular weight excluding hydrogens is 298 g/mol. The second-order valence-corrected chi connectivity index (χ2v) is 5.68. The molecule has 2 aromatic rings. The second-order valence-electron chi connectivity index (χ2n) is 4.77. The molecule has 0 aliphatic heterocycles. The van der Waals surface area contributed by atoms with Gasteiger partial charge in [-0.25, -0.2) is 0 Å². The highest BCUT2D eigenvalue weighted by Gasteiger charge is 2.09. The minimum Gasteiger partial charge on any atom is -0.313 e. The lowest BCUT2D eigenvalue weighted by Crippen LogP contribution is -2.18. The Morgan fingerprint density at radius 3 is 2.05 bits per heavy atom. The Bertz CT molecular complexity index is 502. The van der Waals surface area contributed by atoms with Crippen LogP contribution in [-0.4, -0.2) is 7.05 Å². The maximum Gasteiger partial charge on any atom is 0.0358 e. The third-order valence-electron chi connectivity index (χ3n) is 3.49. The van der Waals surface area contributed by atoms with Crippen LogP contribution in [0.25, 0.3) is 0 Å². The fourth-order valence-electron chi connectivity index (χ4n) is 2.23. The van der Waals surface area contributed by atoms with Crippen molar-refractivity contribution >= 4 is 15.9 Å². The van der Waals surface area contributed by atoms with E-state index in [9.17, 15) is 0 Å². The van der Waals surface area contributed by atoms with Gasteiger partial charge < -0.3 is 5.32 Å². The van der Waals surface area contributed by atoms with Crippen LogP contribution in [0.4, 0.5) is 0 Å². The lowest BCUT2D eigenvalue weighted by atomic mass is 9.98. The van der Waals surface area contributed by atoms with Crippen molar-refractivity contribution in [3.8, 4) is 0 Å². The molecule has 0 heterocycles. The van der Waals surface area contributed by atoms with Crippen molar-refractivity contribution in [1.29, 1.82) is 0 Å². The van der Waals surface area contributed by atoms with Gasteiger partial charge in [-0.05, 0) is 48.7 Å². The predicted octanol–water partition coefficient (Wildman–Crippen LogP) is 4.51. The van der Waals surface area contributed by atoms with Gasteiger partial charge in [-0.15, -0.1) is 0 Å². The molecule has 0 saturated heterocycles. The van der Waals surface area contributed by atoms with Crippen LogP contribution < -0.4 is 5.32 Å². The van der Waals surface area contributed by atoms with Crippen LogP contribution >= 0.6 is 15.9 Å². The molecule has 0 bridgehead atoms. The molecule has 100 valence electrons. The highest BCUT2D eigenvalue weighted by atomic mass is 79.9. The summed E-state index contributed by atoms with van der Waals surface area (Å²) in [5, 5.41) is 3.41. The number of nitrogens with one attached hydrogen (secondary N) is 1. The van der Waals surface area contributed by atoms with Crippen molar-refractivity contribution in [3.05, 3.63) is 69.7 Å². The van der Waals surface area contributed by atoms with Crippen LogP contribution in [-0.2, 0) is 12.8 Å². The third kappa shape index (κ3) is 3.92.